The minimum Gasteiger partial charge on any atom is -0.508 e. The van der Waals surface area contributed by atoms with Crippen LogP contribution in [0.25, 0.3) is 0 Å². The van der Waals surface area contributed by atoms with Gasteiger partial charge in [-0.3, -0.25) is 9.59 Å². The Kier molecular flexibility index (Phi) is 4.95. The van der Waals surface area contributed by atoms with Crippen LogP contribution < -0.4 is 10.6 Å². The van der Waals surface area contributed by atoms with Gasteiger partial charge in [-0.2, -0.15) is 0 Å². The number of phenolic OH excluding ortho intramolecular Hbond substituents is 1. The van der Waals surface area contributed by atoms with Gasteiger partial charge in [0.15, 0.2) is 0 Å². The van der Waals surface area contributed by atoms with Gasteiger partial charge in [0.2, 0.25) is 5.91 Å². The Bertz CT molecular complexity index is 484. The number of hydrogen-bond acceptors (Lipinski definition) is 4. The Labute approximate surface area is 117 Å². The van der Waals surface area contributed by atoms with Gasteiger partial charge in [-0.15, -0.1) is 0 Å². The molecule has 20 heavy (non-hydrogen) atoms. The van der Waals surface area contributed by atoms with Gasteiger partial charge in [-0.1, -0.05) is 6.07 Å². The van der Waals surface area contributed by atoms with E-state index >= 15 is 0 Å². The maximum Gasteiger partial charge on any atom is 0.251 e. The number of ether oxygens (including phenoxy) is 1. The van der Waals surface area contributed by atoms with Gasteiger partial charge in [-0.25, -0.2) is 0 Å². The van der Waals surface area contributed by atoms with Gasteiger partial charge >= 0.3 is 0 Å². The summed E-state index contributed by atoms with van der Waals surface area (Å²) in [5.41, 5.74) is 0.385. The summed E-state index contributed by atoms with van der Waals surface area (Å²) in [7, 11) is 0. The van der Waals surface area contributed by atoms with Crippen molar-refractivity contribution in [2.75, 3.05) is 19.7 Å². The summed E-state index contributed by atoms with van der Waals surface area (Å²) in [5, 5.41) is 14.7. The van der Waals surface area contributed by atoms with Crippen molar-refractivity contribution in [3.63, 3.8) is 0 Å². The van der Waals surface area contributed by atoms with E-state index in [2.05, 4.69) is 10.6 Å². The molecule has 1 heterocycles. The molecule has 1 fully saturated rings. The summed E-state index contributed by atoms with van der Waals surface area (Å²) >= 11 is 0. The molecule has 0 spiro atoms. The normalized spacial score (nSPS) is 17.7. The number of phenols is 1. The van der Waals surface area contributed by atoms with Crippen LogP contribution in [0.15, 0.2) is 24.3 Å². The predicted molar refractivity (Wildman–Crippen MR) is 72.4 cm³/mol. The first-order valence-electron chi connectivity index (χ1n) is 6.63. The summed E-state index contributed by atoms with van der Waals surface area (Å²) in [4.78, 5) is 23.4. The van der Waals surface area contributed by atoms with Crippen molar-refractivity contribution in [3.8, 4) is 5.75 Å². The highest BCUT2D eigenvalue weighted by molar-refractivity contribution is 5.94. The van der Waals surface area contributed by atoms with Crippen molar-refractivity contribution in [1.82, 2.24) is 10.6 Å². The predicted octanol–water partition coefficient (Wildman–Crippen LogP) is 0.417. The molecule has 108 valence electrons. The van der Waals surface area contributed by atoms with Crippen molar-refractivity contribution in [2.24, 2.45) is 0 Å². The maximum absolute atomic E-state index is 11.7. The molecule has 0 radical (unpaired) electrons. The van der Waals surface area contributed by atoms with Gasteiger partial charge in [0, 0.05) is 25.3 Å². The van der Waals surface area contributed by atoms with Crippen molar-refractivity contribution in [2.45, 2.75) is 18.9 Å². The van der Waals surface area contributed by atoms with E-state index < -0.39 is 0 Å². The molecule has 1 saturated heterocycles. The Balaban J connectivity index is 1.68. The van der Waals surface area contributed by atoms with E-state index in [0.29, 0.717) is 25.3 Å². The highest BCUT2D eigenvalue weighted by atomic mass is 16.5. The van der Waals surface area contributed by atoms with E-state index in [1.165, 1.54) is 12.1 Å². The lowest BCUT2D eigenvalue weighted by Gasteiger charge is -2.11. The maximum atomic E-state index is 11.7. The molecule has 0 bridgehead atoms. The fourth-order valence-corrected chi connectivity index (χ4v) is 2.01. The van der Waals surface area contributed by atoms with Crippen LogP contribution in [-0.2, 0) is 9.53 Å². The number of benzene rings is 1. The first-order valence-corrected chi connectivity index (χ1v) is 6.63. The monoisotopic (exact) mass is 278 g/mol. The molecule has 1 atom stereocenters. The Morgan fingerprint density at radius 1 is 1.30 bits per heavy atom. The molecule has 2 rings (SSSR count). The highest BCUT2D eigenvalue weighted by Gasteiger charge is 2.22. The fourth-order valence-electron chi connectivity index (χ4n) is 2.01. The molecule has 0 saturated carbocycles. The molecule has 0 aromatic heterocycles. The topological polar surface area (TPSA) is 87.7 Å². The molecule has 6 heteroatoms. The second-order valence-corrected chi connectivity index (χ2v) is 4.60. The molecule has 2 amide bonds. The summed E-state index contributed by atoms with van der Waals surface area (Å²) < 4.78 is 5.25. The van der Waals surface area contributed by atoms with Crippen LogP contribution in [0.4, 0.5) is 0 Å². The second-order valence-electron chi connectivity index (χ2n) is 4.60. The third-order valence-corrected chi connectivity index (χ3v) is 3.04. The molecule has 1 aromatic rings. The molecule has 0 aliphatic carbocycles. The zero-order valence-electron chi connectivity index (χ0n) is 11.1. The van der Waals surface area contributed by atoms with E-state index in [9.17, 15) is 14.7 Å². The molecule has 1 unspecified atom stereocenters. The number of carbonyl (C=O) groups excluding carboxylic acids is 2. The average Bonchev–Trinajstić information content (AvgIpc) is 2.97. The molecule has 1 aliphatic rings. The van der Waals surface area contributed by atoms with Gasteiger partial charge in [0.25, 0.3) is 5.91 Å². The van der Waals surface area contributed by atoms with E-state index in [4.69, 9.17) is 4.74 Å². The summed E-state index contributed by atoms with van der Waals surface area (Å²) in [6.07, 6.45) is 1.31. The van der Waals surface area contributed by atoms with E-state index in [0.717, 1.165) is 12.8 Å². The lowest BCUT2D eigenvalue weighted by atomic mass is 10.2. The van der Waals surface area contributed by atoms with Crippen LogP contribution >= 0.6 is 0 Å². The number of rotatable bonds is 5. The Hall–Kier alpha value is -2.08. The molecular weight excluding hydrogens is 260 g/mol. The third-order valence-electron chi connectivity index (χ3n) is 3.04. The van der Waals surface area contributed by atoms with Crippen molar-refractivity contribution >= 4 is 11.8 Å². The molecule has 6 nitrogen and oxygen atoms in total. The van der Waals surface area contributed by atoms with Crippen LogP contribution in [0.1, 0.15) is 23.2 Å². The van der Waals surface area contributed by atoms with Crippen molar-refractivity contribution in [3.05, 3.63) is 29.8 Å². The number of aromatic hydroxyl groups is 1. The summed E-state index contributed by atoms with van der Waals surface area (Å²) in [5.74, 6) is -0.370. The Morgan fingerprint density at radius 3 is 2.80 bits per heavy atom. The number of carbonyl (C=O) groups is 2. The smallest absolute Gasteiger partial charge is 0.251 e. The molecular formula is C14H18N2O4. The first-order chi connectivity index (χ1) is 9.66. The number of nitrogens with one attached hydrogen (secondary N) is 2. The fraction of sp³-hybridized carbons (Fsp3) is 0.429. The van der Waals surface area contributed by atoms with E-state index in [-0.39, 0.29) is 23.7 Å². The number of amides is 2. The standard InChI is InChI=1S/C14H18N2O4/c17-11-4-1-3-10(9-11)13(18)15-6-7-16-14(19)12-5-2-8-20-12/h1,3-4,9,12,17H,2,5-8H2,(H,15,18)(H,16,19). The zero-order valence-corrected chi connectivity index (χ0v) is 11.1. The van der Waals surface area contributed by atoms with Crippen molar-refractivity contribution < 1.29 is 19.4 Å². The zero-order chi connectivity index (χ0) is 14.4. The second kappa shape index (κ2) is 6.91. The quantitative estimate of drug-likeness (QED) is 0.681. The minimum absolute atomic E-state index is 0.0457. The highest BCUT2D eigenvalue weighted by Crippen LogP contribution is 2.11. The first kappa shape index (κ1) is 14.3. The van der Waals surface area contributed by atoms with E-state index in [1.807, 2.05) is 0 Å². The SMILES string of the molecule is O=C(NCCNC(=O)C1CCCO1)c1cccc(O)c1. The van der Waals surface area contributed by atoms with Crippen LogP contribution in [0.2, 0.25) is 0 Å². The van der Waals surface area contributed by atoms with Crippen LogP contribution in [-0.4, -0.2) is 42.7 Å². The van der Waals surface area contributed by atoms with E-state index in [1.54, 1.807) is 12.1 Å². The number of hydrogen-bond donors (Lipinski definition) is 3. The Morgan fingerprint density at radius 2 is 2.10 bits per heavy atom. The molecule has 3 N–H and O–H groups in total. The van der Waals surface area contributed by atoms with Gasteiger partial charge < -0.3 is 20.5 Å². The lowest BCUT2D eigenvalue weighted by Crippen LogP contribution is -2.39. The summed E-state index contributed by atoms with van der Waals surface area (Å²) in [6, 6.07) is 6.10. The van der Waals surface area contributed by atoms with Gasteiger partial charge in [0.1, 0.15) is 11.9 Å². The largest absolute Gasteiger partial charge is 0.508 e. The van der Waals surface area contributed by atoms with Crippen LogP contribution in [0, 0.1) is 0 Å². The van der Waals surface area contributed by atoms with Crippen molar-refractivity contribution in [1.29, 1.82) is 0 Å². The van der Waals surface area contributed by atoms with Gasteiger partial charge in [0.05, 0.1) is 0 Å². The molecule has 1 aliphatic heterocycles. The average molecular weight is 278 g/mol. The minimum atomic E-state index is -0.350. The lowest BCUT2D eigenvalue weighted by molar-refractivity contribution is -0.129. The van der Waals surface area contributed by atoms with Gasteiger partial charge in [-0.05, 0) is 31.0 Å². The van der Waals surface area contributed by atoms with Crippen LogP contribution in [0.5, 0.6) is 5.75 Å². The third kappa shape index (κ3) is 3.96. The summed E-state index contributed by atoms with van der Waals surface area (Å²) in [6.45, 7) is 1.31. The molecule has 1 aromatic carbocycles. The van der Waals surface area contributed by atoms with Crippen LogP contribution in [0.3, 0.4) is 0 Å².